The van der Waals surface area contributed by atoms with Crippen LogP contribution in [-0.2, 0) is 23.7 Å². The van der Waals surface area contributed by atoms with Crippen molar-refractivity contribution in [3.8, 4) is 23.2 Å². The Morgan fingerprint density at radius 2 is 1.50 bits per heavy atom. The van der Waals surface area contributed by atoms with Crippen molar-refractivity contribution in [1.29, 1.82) is 5.26 Å². The molecule has 2 aliphatic rings. The number of hydrogen-bond acceptors (Lipinski definition) is 4. The van der Waals surface area contributed by atoms with Crippen LogP contribution in [0.15, 0.2) is 84.9 Å². The fraction of sp³-hybridized carbons (Fsp3) is 0.344. The van der Waals surface area contributed by atoms with Gasteiger partial charge in [0, 0.05) is 12.1 Å². The molecular weight excluding hydrogens is 513 g/mol. The predicted molar refractivity (Wildman–Crippen MR) is 144 cm³/mol. The molecule has 2 aliphatic carbocycles. The number of alkyl halides is 3. The molecule has 6 rings (SSSR count). The molecule has 204 valence electrons. The van der Waals surface area contributed by atoms with Gasteiger partial charge in [0.2, 0.25) is 0 Å². The third kappa shape index (κ3) is 5.08. The van der Waals surface area contributed by atoms with Crippen LogP contribution < -0.4 is 4.74 Å². The van der Waals surface area contributed by atoms with Gasteiger partial charge >= 0.3 is 6.18 Å². The van der Waals surface area contributed by atoms with E-state index in [2.05, 4.69) is 6.07 Å². The van der Waals surface area contributed by atoms with Crippen molar-refractivity contribution in [3.63, 3.8) is 0 Å². The molecule has 0 saturated heterocycles. The Labute approximate surface area is 231 Å². The number of nitrogens with zero attached hydrogens (tertiary/aromatic N) is 4. The van der Waals surface area contributed by atoms with Gasteiger partial charge in [0.1, 0.15) is 5.75 Å². The summed E-state index contributed by atoms with van der Waals surface area (Å²) in [5.74, 6) is 2.13. The molecule has 0 spiro atoms. The van der Waals surface area contributed by atoms with E-state index < -0.39 is 22.8 Å². The van der Waals surface area contributed by atoms with Crippen molar-refractivity contribution in [2.75, 3.05) is 0 Å². The number of nitriles is 1. The fourth-order valence-corrected chi connectivity index (χ4v) is 5.62. The average Bonchev–Trinajstić information content (AvgIpc) is 3.70. The summed E-state index contributed by atoms with van der Waals surface area (Å²) in [6.45, 7) is 0.750. The molecule has 1 aromatic heterocycles. The summed E-state index contributed by atoms with van der Waals surface area (Å²) in [4.78, 5) is 5.02. The molecule has 4 aromatic rings. The summed E-state index contributed by atoms with van der Waals surface area (Å²) in [5.41, 5.74) is -0.514. The molecule has 0 unspecified atom stereocenters. The number of halogens is 3. The highest BCUT2D eigenvalue weighted by molar-refractivity contribution is 5.55. The van der Waals surface area contributed by atoms with Gasteiger partial charge in [-0.2, -0.15) is 23.5 Å². The molecule has 3 aromatic carbocycles. The molecule has 0 amide bonds. The van der Waals surface area contributed by atoms with Crippen molar-refractivity contribution in [2.45, 2.75) is 62.3 Å². The van der Waals surface area contributed by atoms with Gasteiger partial charge in [0.15, 0.2) is 17.2 Å². The van der Waals surface area contributed by atoms with E-state index in [-0.39, 0.29) is 0 Å². The van der Waals surface area contributed by atoms with Gasteiger partial charge < -0.3 is 4.74 Å². The predicted octanol–water partition coefficient (Wildman–Crippen LogP) is 7.68. The van der Waals surface area contributed by atoms with Gasteiger partial charge in [-0.3, -0.25) is 0 Å². The number of aromatic nitrogens is 3. The minimum atomic E-state index is -4.43. The maximum atomic E-state index is 13.2. The smallest absolute Gasteiger partial charge is 0.416 e. The molecule has 0 atom stereocenters. The molecule has 0 bridgehead atoms. The van der Waals surface area contributed by atoms with Crippen molar-refractivity contribution >= 4 is 0 Å². The molecule has 40 heavy (non-hydrogen) atoms. The summed E-state index contributed by atoms with van der Waals surface area (Å²) in [6.07, 6.45) is -0.234. The lowest BCUT2D eigenvalue weighted by Gasteiger charge is -2.42. The maximum Gasteiger partial charge on any atom is 0.416 e. The topological polar surface area (TPSA) is 63.7 Å². The van der Waals surface area contributed by atoms with Crippen LogP contribution in [0.25, 0.3) is 11.4 Å². The van der Waals surface area contributed by atoms with Gasteiger partial charge in [-0.05, 0) is 74.3 Å². The van der Waals surface area contributed by atoms with Gasteiger partial charge in [0.25, 0.3) is 0 Å². The van der Waals surface area contributed by atoms with Crippen LogP contribution in [0.4, 0.5) is 13.2 Å². The third-order valence-electron chi connectivity index (χ3n) is 8.19. The Morgan fingerprint density at radius 3 is 2.08 bits per heavy atom. The SMILES string of the molecule is N#C[C@]1(c2ccccc2)CC[C@@](Oc2ccc(C(F)(F)F)cc2)(c2nc(-c3ccccc3)n(CC3CC3)n2)CC1. The maximum absolute atomic E-state index is 13.2. The normalized spacial score (nSPS) is 22.9. The van der Waals surface area contributed by atoms with Crippen LogP contribution in [0.3, 0.4) is 0 Å². The van der Waals surface area contributed by atoms with E-state index >= 15 is 0 Å². The quantitative estimate of drug-likeness (QED) is 0.240. The molecule has 0 aliphatic heterocycles. The van der Waals surface area contributed by atoms with Crippen LogP contribution in [0, 0.1) is 17.2 Å². The van der Waals surface area contributed by atoms with E-state index in [1.165, 1.54) is 12.1 Å². The lowest BCUT2D eigenvalue weighted by molar-refractivity contribution is -0.137. The number of benzene rings is 3. The molecule has 5 nitrogen and oxygen atoms in total. The fourth-order valence-electron chi connectivity index (χ4n) is 5.62. The van der Waals surface area contributed by atoms with Crippen molar-refractivity contribution in [2.24, 2.45) is 5.92 Å². The first kappa shape index (κ1) is 26.1. The Hall–Kier alpha value is -4.12. The first-order valence-electron chi connectivity index (χ1n) is 13.6. The average molecular weight is 543 g/mol. The van der Waals surface area contributed by atoms with Gasteiger partial charge in [-0.1, -0.05) is 60.7 Å². The molecule has 2 fully saturated rings. The first-order valence-corrected chi connectivity index (χ1v) is 13.6. The molecule has 2 saturated carbocycles. The van der Waals surface area contributed by atoms with E-state index in [4.69, 9.17) is 14.8 Å². The van der Waals surface area contributed by atoms with Gasteiger partial charge in [-0.15, -0.1) is 0 Å². The largest absolute Gasteiger partial charge is 0.479 e. The molecule has 8 heteroatoms. The zero-order valence-electron chi connectivity index (χ0n) is 21.9. The zero-order valence-corrected chi connectivity index (χ0v) is 21.9. The Bertz CT molecular complexity index is 1500. The third-order valence-corrected chi connectivity index (χ3v) is 8.19. The Balaban J connectivity index is 1.40. The summed E-state index contributed by atoms with van der Waals surface area (Å²) in [7, 11) is 0. The highest BCUT2D eigenvalue weighted by Crippen LogP contribution is 2.49. The second kappa shape index (κ2) is 10.1. The minimum absolute atomic E-state index is 0.317. The van der Waals surface area contributed by atoms with Crippen LogP contribution >= 0.6 is 0 Å². The number of rotatable bonds is 7. The van der Waals surface area contributed by atoms with Crippen LogP contribution in [0.5, 0.6) is 5.75 Å². The van der Waals surface area contributed by atoms with E-state index in [0.29, 0.717) is 43.2 Å². The second-order valence-electron chi connectivity index (χ2n) is 10.9. The standard InChI is InChI=1S/C32H29F3N4O/c33-32(34,35)26-13-15-27(16-14-26)40-31(19-17-30(22-36,18-20-31)25-9-5-2-6-10-25)29-37-28(24-7-3-1-4-8-24)39(38-29)21-23-11-12-23/h1-10,13-16,23H,11-12,17-21H2/t30-,31-. The molecule has 0 radical (unpaired) electrons. The Morgan fingerprint density at radius 1 is 0.875 bits per heavy atom. The lowest BCUT2D eigenvalue weighted by atomic mass is 9.65. The summed E-state index contributed by atoms with van der Waals surface area (Å²) in [5, 5.41) is 15.3. The van der Waals surface area contributed by atoms with Crippen molar-refractivity contribution in [1.82, 2.24) is 14.8 Å². The summed E-state index contributed by atoms with van der Waals surface area (Å²) >= 11 is 0. The summed E-state index contributed by atoms with van der Waals surface area (Å²) in [6, 6.07) is 26.9. The highest BCUT2D eigenvalue weighted by Gasteiger charge is 2.49. The lowest BCUT2D eigenvalue weighted by Crippen LogP contribution is -2.43. The molecule has 0 N–H and O–H groups in total. The van der Waals surface area contributed by atoms with Crippen LogP contribution in [-0.4, -0.2) is 14.8 Å². The monoisotopic (exact) mass is 542 g/mol. The van der Waals surface area contributed by atoms with E-state index in [1.807, 2.05) is 65.3 Å². The van der Waals surface area contributed by atoms with E-state index in [1.54, 1.807) is 0 Å². The van der Waals surface area contributed by atoms with Crippen molar-refractivity contribution < 1.29 is 17.9 Å². The van der Waals surface area contributed by atoms with Gasteiger partial charge in [0.05, 0.1) is 17.0 Å². The zero-order chi connectivity index (χ0) is 27.8. The van der Waals surface area contributed by atoms with E-state index in [0.717, 1.165) is 48.5 Å². The van der Waals surface area contributed by atoms with E-state index in [9.17, 15) is 18.4 Å². The molecular formula is C32H29F3N4O. The van der Waals surface area contributed by atoms with Crippen LogP contribution in [0.2, 0.25) is 0 Å². The number of ether oxygens (including phenoxy) is 1. The molecule has 1 heterocycles. The first-order chi connectivity index (χ1) is 19.3. The van der Waals surface area contributed by atoms with Gasteiger partial charge in [-0.25, -0.2) is 9.67 Å². The second-order valence-corrected chi connectivity index (χ2v) is 10.9. The number of hydrogen-bond donors (Lipinski definition) is 0. The Kier molecular flexibility index (Phi) is 6.61. The highest BCUT2D eigenvalue weighted by atomic mass is 19.4. The van der Waals surface area contributed by atoms with Crippen molar-refractivity contribution in [3.05, 3.63) is 102 Å². The minimum Gasteiger partial charge on any atom is -0.479 e. The summed E-state index contributed by atoms with van der Waals surface area (Å²) < 4.78 is 48.2. The van der Waals surface area contributed by atoms with Crippen LogP contribution in [0.1, 0.15) is 55.5 Å².